The summed E-state index contributed by atoms with van der Waals surface area (Å²) in [5.41, 5.74) is 3.21. The zero-order valence-electron chi connectivity index (χ0n) is 16.0. The molecule has 5 heteroatoms. The minimum absolute atomic E-state index is 0.0695. The quantitative estimate of drug-likeness (QED) is 0.666. The maximum Gasteiger partial charge on any atom is 0.292 e. The first kappa shape index (κ1) is 18.3. The fraction of sp³-hybridized carbons (Fsp3) is 0.304. The van der Waals surface area contributed by atoms with Crippen LogP contribution in [0.15, 0.2) is 65.2 Å². The lowest BCUT2D eigenvalue weighted by Gasteiger charge is -2.31. The molecule has 2 aromatic carbocycles. The lowest BCUT2D eigenvalue weighted by Crippen LogP contribution is -2.37. The average molecular weight is 376 g/mol. The summed E-state index contributed by atoms with van der Waals surface area (Å²) in [7, 11) is 1.65. The van der Waals surface area contributed by atoms with Gasteiger partial charge < -0.3 is 14.2 Å². The number of methoxy groups -OCH3 is 1. The zero-order valence-corrected chi connectivity index (χ0v) is 16.0. The molecule has 2 heterocycles. The largest absolute Gasteiger partial charge is 0.497 e. The van der Waals surface area contributed by atoms with E-state index >= 15 is 0 Å². The molecule has 1 fully saturated rings. The molecule has 0 bridgehead atoms. The topological polar surface area (TPSA) is 55.6 Å². The number of ether oxygens (including phenoxy) is 1. The van der Waals surface area contributed by atoms with Crippen molar-refractivity contribution in [2.24, 2.45) is 0 Å². The molecule has 0 saturated carbocycles. The van der Waals surface area contributed by atoms with Gasteiger partial charge >= 0.3 is 0 Å². The molecule has 0 aliphatic carbocycles. The van der Waals surface area contributed by atoms with Crippen molar-refractivity contribution in [2.45, 2.75) is 25.2 Å². The van der Waals surface area contributed by atoms with Gasteiger partial charge in [-0.1, -0.05) is 47.6 Å². The number of nitrogens with zero attached hydrogens (tertiary/aromatic N) is 2. The van der Waals surface area contributed by atoms with Crippen molar-refractivity contribution >= 4 is 5.91 Å². The highest BCUT2D eigenvalue weighted by atomic mass is 16.5. The predicted molar refractivity (Wildman–Crippen MR) is 107 cm³/mol. The van der Waals surface area contributed by atoms with Crippen LogP contribution in [0, 0.1) is 0 Å². The van der Waals surface area contributed by atoms with Crippen LogP contribution >= 0.6 is 0 Å². The van der Waals surface area contributed by atoms with Crippen molar-refractivity contribution < 1.29 is 14.1 Å². The molecule has 0 atom stereocenters. The smallest absolute Gasteiger partial charge is 0.292 e. The number of carbonyl (C=O) groups excluding carboxylic acids is 1. The third-order valence-electron chi connectivity index (χ3n) is 5.37. The first-order chi connectivity index (χ1) is 13.7. The molecular weight excluding hydrogens is 352 g/mol. The zero-order chi connectivity index (χ0) is 19.3. The van der Waals surface area contributed by atoms with Crippen LogP contribution in [-0.4, -0.2) is 36.2 Å². The number of amides is 1. The van der Waals surface area contributed by atoms with Crippen molar-refractivity contribution in [1.29, 1.82) is 0 Å². The van der Waals surface area contributed by atoms with Gasteiger partial charge in [-0.25, -0.2) is 0 Å². The van der Waals surface area contributed by atoms with Crippen LogP contribution in [0.25, 0.3) is 0 Å². The van der Waals surface area contributed by atoms with E-state index in [4.69, 9.17) is 9.26 Å². The molecule has 1 aliphatic rings. The predicted octanol–water partition coefficient (Wildman–Crippen LogP) is 4.29. The van der Waals surface area contributed by atoms with Crippen molar-refractivity contribution in [3.63, 3.8) is 0 Å². The van der Waals surface area contributed by atoms with E-state index in [-0.39, 0.29) is 5.91 Å². The lowest BCUT2D eigenvalue weighted by molar-refractivity contribution is 0.0671. The van der Waals surface area contributed by atoms with Gasteiger partial charge in [0.25, 0.3) is 5.91 Å². The molecule has 0 radical (unpaired) electrons. The van der Waals surface area contributed by atoms with Crippen molar-refractivity contribution in [2.75, 3.05) is 20.2 Å². The second kappa shape index (κ2) is 8.30. The van der Waals surface area contributed by atoms with Gasteiger partial charge in [-0.05, 0) is 42.0 Å². The molecule has 0 N–H and O–H groups in total. The SMILES string of the molecule is COc1ccc(Cc2cc(C(=O)N3CCC(c4ccccc4)CC3)on2)cc1. The van der Waals surface area contributed by atoms with Crippen LogP contribution in [0.1, 0.15) is 46.1 Å². The summed E-state index contributed by atoms with van der Waals surface area (Å²) < 4.78 is 10.5. The summed E-state index contributed by atoms with van der Waals surface area (Å²) in [4.78, 5) is 14.6. The Morgan fingerprint density at radius 1 is 1.11 bits per heavy atom. The van der Waals surface area contributed by atoms with Crippen LogP contribution in [-0.2, 0) is 6.42 Å². The van der Waals surface area contributed by atoms with Gasteiger partial charge in [0.05, 0.1) is 12.8 Å². The van der Waals surface area contributed by atoms with Gasteiger partial charge in [0.1, 0.15) is 5.75 Å². The van der Waals surface area contributed by atoms with E-state index in [9.17, 15) is 4.79 Å². The number of piperidine rings is 1. The van der Waals surface area contributed by atoms with Gasteiger partial charge in [0.15, 0.2) is 0 Å². The molecule has 3 aromatic rings. The molecule has 0 spiro atoms. The number of hydrogen-bond donors (Lipinski definition) is 0. The first-order valence-electron chi connectivity index (χ1n) is 9.65. The molecule has 5 nitrogen and oxygen atoms in total. The minimum Gasteiger partial charge on any atom is -0.497 e. The van der Waals surface area contributed by atoms with Gasteiger partial charge in [0, 0.05) is 25.6 Å². The lowest BCUT2D eigenvalue weighted by atomic mass is 9.89. The molecule has 28 heavy (non-hydrogen) atoms. The molecule has 4 rings (SSSR count). The summed E-state index contributed by atoms with van der Waals surface area (Å²) in [5.74, 6) is 1.59. The summed E-state index contributed by atoms with van der Waals surface area (Å²) in [6.45, 7) is 1.49. The van der Waals surface area contributed by atoms with Gasteiger partial charge in [0.2, 0.25) is 5.76 Å². The minimum atomic E-state index is -0.0695. The van der Waals surface area contributed by atoms with E-state index in [0.717, 1.165) is 42.9 Å². The van der Waals surface area contributed by atoms with Crippen LogP contribution in [0.5, 0.6) is 5.75 Å². The average Bonchev–Trinajstić information content (AvgIpc) is 3.23. The van der Waals surface area contributed by atoms with Crippen LogP contribution in [0.2, 0.25) is 0 Å². The van der Waals surface area contributed by atoms with Crippen molar-refractivity contribution in [1.82, 2.24) is 10.1 Å². The Morgan fingerprint density at radius 2 is 1.82 bits per heavy atom. The molecule has 1 aromatic heterocycles. The summed E-state index contributed by atoms with van der Waals surface area (Å²) in [6, 6.07) is 20.1. The Labute approximate surface area is 164 Å². The molecular formula is C23H24N2O3. The molecule has 1 amide bonds. The summed E-state index contributed by atoms with van der Waals surface area (Å²) >= 11 is 0. The Morgan fingerprint density at radius 3 is 2.50 bits per heavy atom. The Balaban J connectivity index is 1.35. The first-order valence-corrected chi connectivity index (χ1v) is 9.65. The molecule has 0 unspecified atom stereocenters. The van der Waals surface area contributed by atoms with Gasteiger partial charge in [-0.15, -0.1) is 0 Å². The maximum atomic E-state index is 12.8. The standard InChI is InChI=1S/C23H24N2O3/c1-27-21-9-7-17(8-10-21)15-20-16-22(28-24-20)23(26)25-13-11-19(12-14-25)18-5-3-2-4-6-18/h2-10,16,19H,11-15H2,1H3. The van der Waals surface area contributed by atoms with Crippen LogP contribution < -0.4 is 4.74 Å². The molecule has 144 valence electrons. The highest BCUT2D eigenvalue weighted by molar-refractivity contribution is 5.91. The molecule has 1 aliphatic heterocycles. The van der Waals surface area contributed by atoms with Crippen LogP contribution in [0.3, 0.4) is 0 Å². The summed E-state index contributed by atoms with van der Waals surface area (Å²) in [6.07, 6.45) is 2.57. The number of benzene rings is 2. The number of likely N-dealkylation sites (tertiary alicyclic amines) is 1. The van der Waals surface area contributed by atoms with Gasteiger partial charge in [-0.2, -0.15) is 0 Å². The van der Waals surface area contributed by atoms with E-state index in [1.54, 1.807) is 13.2 Å². The fourth-order valence-corrected chi connectivity index (χ4v) is 3.75. The monoisotopic (exact) mass is 376 g/mol. The third kappa shape index (κ3) is 4.09. The highest BCUT2D eigenvalue weighted by Crippen LogP contribution is 2.28. The number of hydrogen-bond acceptors (Lipinski definition) is 4. The Hall–Kier alpha value is -3.08. The summed E-state index contributed by atoms with van der Waals surface area (Å²) in [5, 5.41) is 4.08. The third-order valence-corrected chi connectivity index (χ3v) is 5.37. The van der Waals surface area contributed by atoms with Crippen molar-refractivity contribution in [3.05, 3.63) is 83.2 Å². The second-order valence-corrected chi connectivity index (χ2v) is 7.18. The maximum absolute atomic E-state index is 12.8. The van der Waals surface area contributed by atoms with Gasteiger partial charge in [-0.3, -0.25) is 4.79 Å². The number of aromatic nitrogens is 1. The number of carbonyl (C=O) groups is 1. The normalized spacial score (nSPS) is 14.8. The fourth-order valence-electron chi connectivity index (χ4n) is 3.75. The second-order valence-electron chi connectivity index (χ2n) is 7.18. The van der Waals surface area contributed by atoms with E-state index in [2.05, 4.69) is 29.4 Å². The van der Waals surface area contributed by atoms with E-state index in [1.807, 2.05) is 35.2 Å². The van der Waals surface area contributed by atoms with Crippen molar-refractivity contribution in [3.8, 4) is 5.75 Å². The van der Waals surface area contributed by atoms with E-state index in [0.29, 0.717) is 18.1 Å². The van der Waals surface area contributed by atoms with E-state index < -0.39 is 0 Å². The molecule has 1 saturated heterocycles. The highest BCUT2D eigenvalue weighted by Gasteiger charge is 2.26. The van der Waals surface area contributed by atoms with E-state index in [1.165, 1.54) is 5.56 Å². The Kier molecular flexibility index (Phi) is 5.42. The van der Waals surface area contributed by atoms with Crippen LogP contribution in [0.4, 0.5) is 0 Å². The Bertz CT molecular complexity index is 911. The number of rotatable bonds is 5.